The summed E-state index contributed by atoms with van der Waals surface area (Å²) in [6, 6.07) is 4.01. The molecule has 84 valence electrons. The Balaban J connectivity index is 1.94. The van der Waals surface area contributed by atoms with E-state index in [1.807, 2.05) is 24.0 Å². The van der Waals surface area contributed by atoms with E-state index in [0.29, 0.717) is 0 Å². The molecule has 0 saturated heterocycles. The molecule has 2 nitrogen and oxygen atoms in total. The zero-order valence-electron chi connectivity index (χ0n) is 9.52. The molecule has 0 fully saturated rings. The zero-order valence-corrected chi connectivity index (χ0v) is 10.3. The Bertz CT molecular complexity index is 396. The highest BCUT2D eigenvalue weighted by molar-refractivity contribution is 8.03. The van der Waals surface area contributed by atoms with Gasteiger partial charge in [-0.05, 0) is 30.4 Å². The molecule has 0 bridgehead atoms. The van der Waals surface area contributed by atoms with Crippen LogP contribution in [0, 0.1) is 0 Å². The summed E-state index contributed by atoms with van der Waals surface area (Å²) >= 11 is 1.93. The molecule has 1 aromatic rings. The first-order valence-corrected chi connectivity index (χ1v) is 6.67. The van der Waals surface area contributed by atoms with Crippen molar-refractivity contribution in [2.75, 3.05) is 12.3 Å². The van der Waals surface area contributed by atoms with E-state index in [1.54, 1.807) is 6.20 Å². The summed E-state index contributed by atoms with van der Waals surface area (Å²) in [5.41, 5.74) is 2.20. The maximum atomic E-state index is 4.53. The smallest absolute Gasteiger partial charge is 0.0706 e. The van der Waals surface area contributed by atoms with Crippen molar-refractivity contribution in [3.05, 3.63) is 41.1 Å². The van der Waals surface area contributed by atoms with Gasteiger partial charge in [0, 0.05) is 22.9 Å². The van der Waals surface area contributed by atoms with Crippen molar-refractivity contribution >= 4 is 17.5 Å². The van der Waals surface area contributed by atoms with Crippen LogP contribution in [0.3, 0.4) is 0 Å². The Labute approximate surface area is 101 Å². The lowest BCUT2D eigenvalue weighted by Gasteiger charge is -1.98. The molecule has 0 unspecified atom stereocenters. The number of pyridine rings is 1. The van der Waals surface area contributed by atoms with E-state index in [-0.39, 0.29) is 0 Å². The summed E-state index contributed by atoms with van der Waals surface area (Å²) in [5, 5.41) is 0. The number of allylic oxidation sites excluding steroid dienone is 1. The number of rotatable bonds is 5. The lowest BCUT2D eigenvalue weighted by Crippen LogP contribution is -1.93. The average molecular weight is 232 g/mol. The minimum absolute atomic E-state index is 0.846. The number of hydrogen-bond donors (Lipinski definition) is 0. The fraction of sp³-hybridized carbons (Fsp3) is 0.385. The summed E-state index contributed by atoms with van der Waals surface area (Å²) in [4.78, 5) is 10.0. The molecule has 0 spiro atoms. The summed E-state index contributed by atoms with van der Waals surface area (Å²) in [7, 11) is 0. The van der Waals surface area contributed by atoms with Crippen LogP contribution >= 0.6 is 11.8 Å². The second kappa shape index (κ2) is 5.85. The number of aliphatic imine (C=N–C) groups is 1. The van der Waals surface area contributed by atoms with Gasteiger partial charge in [0.1, 0.15) is 0 Å². The van der Waals surface area contributed by atoms with Crippen molar-refractivity contribution in [1.82, 2.24) is 4.98 Å². The van der Waals surface area contributed by atoms with E-state index in [9.17, 15) is 0 Å². The van der Waals surface area contributed by atoms with Crippen molar-refractivity contribution in [2.24, 2.45) is 4.99 Å². The molecule has 1 aromatic heterocycles. The number of thioether (sulfide) groups is 1. The number of hydrogen-bond acceptors (Lipinski definition) is 3. The van der Waals surface area contributed by atoms with Gasteiger partial charge in [0.25, 0.3) is 0 Å². The molecular weight excluding hydrogens is 216 g/mol. The van der Waals surface area contributed by atoms with Crippen LogP contribution in [0.25, 0.3) is 0 Å². The van der Waals surface area contributed by atoms with E-state index < -0.39 is 0 Å². The van der Waals surface area contributed by atoms with Crippen LogP contribution in [0.2, 0.25) is 0 Å². The van der Waals surface area contributed by atoms with E-state index in [0.717, 1.165) is 17.8 Å². The molecule has 0 radical (unpaired) electrons. The van der Waals surface area contributed by atoms with E-state index in [1.165, 1.54) is 23.5 Å². The van der Waals surface area contributed by atoms with Crippen LogP contribution in [0.15, 0.2) is 40.5 Å². The first-order valence-electron chi connectivity index (χ1n) is 5.68. The fourth-order valence-electron chi connectivity index (χ4n) is 1.53. The standard InChI is InChI=1S/C13H16N2S/c1-2-3-7-16-12-8-13(15-10-12)11-5-4-6-14-9-11/h4-6,8-9H,2-3,7,10H2,1H3. The largest absolute Gasteiger partial charge is 0.279 e. The Morgan fingerprint density at radius 2 is 2.38 bits per heavy atom. The van der Waals surface area contributed by atoms with E-state index in [4.69, 9.17) is 0 Å². The van der Waals surface area contributed by atoms with Crippen LogP contribution in [0.5, 0.6) is 0 Å². The SMILES string of the molecule is CCCCSC1=CC(c2cccnc2)=NC1. The first-order chi connectivity index (χ1) is 7.90. The summed E-state index contributed by atoms with van der Waals surface area (Å²) in [6.07, 6.45) is 8.40. The minimum Gasteiger partial charge on any atom is -0.279 e. The topological polar surface area (TPSA) is 25.2 Å². The maximum Gasteiger partial charge on any atom is 0.0706 e. The number of nitrogens with zero attached hydrogens (tertiary/aromatic N) is 2. The minimum atomic E-state index is 0.846. The maximum absolute atomic E-state index is 4.53. The van der Waals surface area contributed by atoms with Crippen LogP contribution in [0.4, 0.5) is 0 Å². The second-order valence-electron chi connectivity index (χ2n) is 3.76. The van der Waals surface area contributed by atoms with Crippen molar-refractivity contribution < 1.29 is 0 Å². The highest BCUT2D eigenvalue weighted by atomic mass is 32.2. The molecule has 16 heavy (non-hydrogen) atoms. The molecule has 0 saturated carbocycles. The molecule has 0 aliphatic carbocycles. The Kier molecular flexibility index (Phi) is 4.17. The van der Waals surface area contributed by atoms with Gasteiger partial charge in [0.05, 0.1) is 12.3 Å². The summed E-state index contributed by atoms with van der Waals surface area (Å²) in [6.45, 7) is 3.07. The molecular formula is C13H16N2S. The monoisotopic (exact) mass is 232 g/mol. The van der Waals surface area contributed by atoms with E-state index >= 15 is 0 Å². The van der Waals surface area contributed by atoms with Gasteiger partial charge < -0.3 is 0 Å². The predicted octanol–water partition coefficient (Wildman–Crippen LogP) is 3.30. The van der Waals surface area contributed by atoms with Gasteiger partial charge in [0.2, 0.25) is 0 Å². The highest BCUT2D eigenvalue weighted by Crippen LogP contribution is 2.23. The van der Waals surface area contributed by atoms with Crippen molar-refractivity contribution in [3.63, 3.8) is 0 Å². The van der Waals surface area contributed by atoms with Crippen LogP contribution < -0.4 is 0 Å². The number of aromatic nitrogens is 1. The summed E-state index contributed by atoms with van der Waals surface area (Å²) in [5.74, 6) is 1.21. The van der Waals surface area contributed by atoms with Gasteiger partial charge in [-0.15, -0.1) is 11.8 Å². The Morgan fingerprint density at radius 1 is 1.44 bits per heavy atom. The highest BCUT2D eigenvalue weighted by Gasteiger charge is 2.10. The fourth-order valence-corrected chi connectivity index (χ4v) is 2.58. The molecule has 1 aliphatic heterocycles. The normalized spacial score (nSPS) is 14.8. The molecule has 1 aliphatic rings. The molecule has 0 aromatic carbocycles. The Morgan fingerprint density at radius 3 is 3.12 bits per heavy atom. The average Bonchev–Trinajstić information content (AvgIpc) is 2.79. The molecule has 2 rings (SSSR count). The van der Waals surface area contributed by atoms with Gasteiger partial charge in [0.15, 0.2) is 0 Å². The molecule has 3 heteroatoms. The lowest BCUT2D eigenvalue weighted by atomic mass is 10.2. The quantitative estimate of drug-likeness (QED) is 0.728. The predicted molar refractivity (Wildman–Crippen MR) is 71.1 cm³/mol. The van der Waals surface area contributed by atoms with Crippen molar-refractivity contribution in [2.45, 2.75) is 19.8 Å². The first kappa shape index (κ1) is 11.4. The third-order valence-corrected chi connectivity index (χ3v) is 3.56. The Hall–Kier alpha value is -1.09. The van der Waals surface area contributed by atoms with Gasteiger partial charge in [-0.3, -0.25) is 9.98 Å². The molecule has 0 amide bonds. The lowest BCUT2D eigenvalue weighted by molar-refractivity contribution is 0.897. The second-order valence-corrected chi connectivity index (χ2v) is 4.98. The molecule has 0 N–H and O–H groups in total. The van der Waals surface area contributed by atoms with Crippen LogP contribution in [0.1, 0.15) is 25.3 Å². The van der Waals surface area contributed by atoms with Crippen molar-refractivity contribution in [1.29, 1.82) is 0 Å². The van der Waals surface area contributed by atoms with Crippen LogP contribution in [-0.2, 0) is 0 Å². The van der Waals surface area contributed by atoms with Crippen molar-refractivity contribution in [3.8, 4) is 0 Å². The van der Waals surface area contributed by atoms with Gasteiger partial charge in [-0.25, -0.2) is 0 Å². The molecule has 0 atom stereocenters. The third-order valence-electron chi connectivity index (χ3n) is 2.45. The summed E-state index contributed by atoms with van der Waals surface area (Å²) < 4.78 is 0. The van der Waals surface area contributed by atoms with Gasteiger partial charge in [-0.2, -0.15) is 0 Å². The van der Waals surface area contributed by atoms with Gasteiger partial charge >= 0.3 is 0 Å². The van der Waals surface area contributed by atoms with Crippen LogP contribution in [-0.4, -0.2) is 23.0 Å². The van der Waals surface area contributed by atoms with E-state index in [2.05, 4.69) is 29.0 Å². The molecule has 2 heterocycles. The third kappa shape index (κ3) is 2.95. The number of unbranched alkanes of at least 4 members (excludes halogenated alkanes) is 1. The zero-order chi connectivity index (χ0) is 11.2. The van der Waals surface area contributed by atoms with Gasteiger partial charge in [-0.1, -0.05) is 13.3 Å².